The van der Waals surface area contributed by atoms with E-state index >= 15 is 0 Å². The second-order valence-corrected chi connectivity index (χ2v) is 6.79. The van der Waals surface area contributed by atoms with E-state index in [4.69, 9.17) is 9.47 Å². The Hall–Kier alpha value is -1.06. The fourth-order valence-corrected chi connectivity index (χ4v) is 2.57. The lowest BCUT2D eigenvalue weighted by molar-refractivity contribution is 0.0367. The summed E-state index contributed by atoms with van der Waals surface area (Å²) in [5, 5.41) is 17.0. The zero-order valence-electron chi connectivity index (χ0n) is 18.0. The number of hydrogen-bond acceptors (Lipinski definition) is 4. The van der Waals surface area contributed by atoms with Gasteiger partial charge in [0.05, 0.1) is 18.8 Å². The highest BCUT2D eigenvalue weighted by Crippen LogP contribution is 2.21. The summed E-state index contributed by atoms with van der Waals surface area (Å²) in [7, 11) is 1.69. The predicted molar refractivity (Wildman–Crippen MR) is 127 cm³/mol. The first kappa shape index (κ1) is 26.9. The molecule has 3 N–H and O–H groups in total. The van der Waals surface area contributed by atoms with Gasteiger partial charge in [-0.3, -0.25) is 0 Å². The Kier molecular flexibility index (Phi) is 14.3. The molecule has 0 radical (unpaired) electrons. The van der Waals surface area contributed by atoms with E-state index in [0.717, 1.165) is 29.8 Å². The van der Waals surface area contributed by atoms with Crippen molar-refractivity contribution in [2.75, 3.05) is 33.4 Å². The number of nitrogens with zero attached hydrogens (tertiary/aromatic N) is 1. The predicted octanol–water partition coefficient (Wildman–Crippen LogP) is 3.63. The molecule has 0 fully saturated rings. The molecule has 1 aromatic rings. The topological polar surface area (TPSA) is 75.1 Å². The van der Waals surface area contributed by atoms with Crippen LogP contribution in [-0.2, 0) is 11.3 Å². The van der Waals surface area contributed by atoms with Gasteiger partial charge in [0.15, 0.2) is 5.96 Å². The summed E-state index contributed by atoms with van der Waals surface area (Å²) >= 11 is 0. The van der Waals surface area contributed by atoms with Crippen molar-refractivity contribution in [1.29, 1.82) is 0 Å². The number of rotatable bonds is 12. The van der Waals surface area contributed by atoms with Crippen molar-refractivity contribution >= 4 is 29.9 Å². The van der Waals surface area contributed by atoms with Crippen LogP contribution in [0, 0.1) is 6.92 Å². The van der Waals surface area contributed by atoms with Gasteiger partial charge in [0.2, 0.25) is 0 Å². The van der Waals surface area contributed by atoms with E-state index in [-0.39, 0.29) is 24.0 Å². The second kappa shape index (κ2) is 14.9. The van der Waals surface area contributed by atoms with Crippen LogP contribution in [0.15, 0.2) is 23.2 Å². The number of aliphatic imine (C=N–C) groups is 1. The van der Waals surface area contributed by atoms with E-state index < -0.39 is 5.60 Å². The van der Waals surface area contributed by atoms with Crippen molar-refractivity contribution in [2.24, 2.45) is 4.99 Å². The summed E-state index contributed by atoms with van der Waals surface area (Å²) in [6.45, 7) is 11.1. The van der Waals surface area contributed by atoms with E-state index in [1.165, 1.54) is 0 Å². The third-order valence-corrected chi connectivity index (χ3v) is 4.63. The molecular formula is C21H38IN3O3. The highest BCUT2D eigenvalue weighted by atomic mass is 127. The van der Waals surface area contributed by atoms with Crippen LogP contribution in [0.2, 0.25) is 0 Å². The fourth-order valence-electron chi connectivity index (χ4n) is 2.57. The van der Waals surface area contributed by atoms with Gasteiger partial charge in [0, 0.05) is 38.8 Å². The number of aryl methyl sites for hydroxylation is 1. The molecule has 0 unspecified atom stereocenters. The summed E-state index contributed by atoms with van der Waals surface area (Å²) in [6, 6.07) is 6.17. The van der Waals surface area contributed by atoms with Gasteiger partial charge in [0.1, 0.15) is 5.75 Å². The lowest BCUT2D eigenvalue weighted by atomic mass is 9.98. The molecule has 7 heteroatoms. The first-order valence-electron chi connectivity index (χ1n) is 9.93. The van der Waals surface area contributed by atoms with Gasteiger partial charge in [-0.1, -0.05) is 26.0 Å². The Balaban J connectivity index is 0.00000729. The molecule has 162 valence electrons. The van der Waals surface area contributed by atoms with Crippen LogP contribution in [0.4, 0.5) is 0 Å². The summed E-state index contributed by atoms with van der Waals surface area (Å²) in [6.07, 6.45) is 2.25. The maximum absolute atomic E-state index is 10.5. The van der Waals surface area contributed by atoms with Crippen molar-refractivity contribution in [3.05, 3.63) is 29.3 Å². The van der Waals surface area contributed by atoms with E-state index in [9.17, 15) is 5.11 Å². The van der Waals surface area contributed by atoms with Crippen LogP contribution >= 0.6 is 24.0 Å². The lowest BCUT2D eigenvalue weighted by Crippen LogP contribution is -2.46. The molecule has 0 aliphatic carbocycles. The number of nitrogens with one attached hydrogen (secondary N) is 2. The Labute approximate surface area is 187 Å². The Bertz CT molecular complexity index is 578. The van der Waals surface area contributed by atoms with Crippen LogP contribution in [0.3, 0.4) is 0 Å². The summed E-state index contributed by atoms with van der Waals surface area (Å²) < 4.78 is 11.0. The molecule has 0 spiro atoms. The molecule has 0 aromatic heterocycles. The van der Waals surface area contributed by atoms with Gasteiger partial charge >= 0.3 is 0 Å². The number of aliphatic hydroxyl groups is 1. The van der Waals surface area contributed by atoms with Gasteiger partial charge < -0.3 is 25.2 Å². The zero-order valence-corrected chi connectivity index (χ0v) is 20.3. The van der Waals surface area contributed by atoms with E-state index in [0.29, 0.717) is 45.1 Å². The molecule has 0 saturated heterocycles. The van der Waals surface area contributed by atoms with E-state index in [1.54, 1.807) is 7.11 Å². The molecule has 0 atom stereocenters. The Morgan fingerprint density at radius 2 is 1.86 bits per heavy atom. The smallest absolute Gasteiger partial charge is 0.191 e. The molecule has 1 aromatic carbocycles. The quantitative estimate of drug-likeness (QED) is 0.174. The molecule has 0 aliphatic heterocycles. The summed E-state index contributed by atoms with van der Waals surface area (Å²) in [5.74, 6) is 1.56. The van der Waals surface area contributed by atoms with Crippen LogP contribution in [0.1, 0.15) is 51.2 Å². The molecular weight excluding hydrogens is 469 g/mol. The van der Waals surface area contributed by atoms with Crippen molar-refractivity contribution in [2.45, 2.75) is 59.1 Å². The number of ether oxygens (including phenoxy) is 2. The van der Waals surface area contributed by atoms with Crippen molar-refractivity contribution in [3.8, 4) is 5.75 Å². The maximum Gasteiger partial charge on any atom is 0.191 e. The summed E-state index contributed by atoms with van der Waals surface area (Å²) in [4.78, 5) is 4.67. The first-order valence-corrected chi connectivity index (χ1v) is 9.93. The van der Waals surface area contributed by atoms with Gasteiger partial charge in [-0.05, 0) is 38.3 Å². The van der Waals surface area contributed by atoms with Gasteiger partial charge in [-0.25, -0.2) is 4.99 Å². The number of hydrogen-bond donors (Lipinski definition) is 3. The van der Waals surface area contributed by atoms with Gasteiger partial charge in [-0.2, -0.15) is 0 Å². The maximum atomic E-state index is 10.5. The molecule has 0 saturated carbocycles. The highest BCUT2D eigenvalue weighted by Gasteiger charge is 2.22. The van der Waals surface area contributed by atoms with Crippen LogP contribution in [0.25, 0.3) is 0 Å². The summed E-state index contributed by atoms with van der Waals surface area (Å²) in [5.41, 5.74) is 1.48. The number of guanidine groups is 1. The SMILES string of the molecule is CCNC(=NCc1ccc(C)cc1OCCCOC)NCC(O)(CC)CC.I. The van der Waals surface area contributed by atoms with Crippen molar-refractivity contribution in [1.82, 2.24) is 10.6 Å². The molecule has 0 aliphatic rings. The van der Waals surface area contributed by atoms with Crippen LogP contribution in [0.5, 0.6) is 5.75 Å². The monoisotopic (exact) mass is 507 g/mol. The molecule has 6 nitrogen and oxygen atoms in total. The zero-order chi connectivity index (χ0) is 20.1. The van der Waals surface area contributed by atoms with Gasteiger partial charge in [-0.15, -0.1) is 24.0 Å². The average molecular weight is 507 g/mol. The number of methoxy groups -OCH3 is 1. The highest BCUT2D eigenvalue weighted by molar-refractivity contribution is 14.0. The van der Waals surface area contributed by atoms with Gasteiger partial charge in [0.25, 0.3) is 0 Å². The lowest BCUT2D eigenvalue weighted by Gasteiger charge is -2.26. The largest absolute Gasteiger partial charge is 0.493 e. The first-order chi connectivity index (χ1) is 13.0. The van der Waals surface area contributed by atoms with Crippen molar-refractivity contribution in [3.63, 3.8) is 0 Å². The normalized spacial score (nSPS) is 11.7. The average Bonchev–Trinajstić information content (AvgIpc) is 2.68. The standard InChI is InChI=1S/C21H37N3O3.HI/c1-6-21(25,7-2)16-24-20(22-8-3)23-15-18-11-10-17(4)14-19(18)27-13-9-12-26-5;/h10-11,14,25H,6-9,12-13,15-16H2,1-5H3,(H2,22,23,24);1H. The minimum absolute atomic E-state index is 0. The third kappa shape index (κ3) is 9.93. The Morgan fingerprint density at radius 3 is 2.46 bits per heavy atom. The van der Waals surface area contributed by atoms with Crippen molar-refractivity contribution < 1.29 is 14.6 Å². The molecule has 0 bridgehead atoms. The molecule has 0 amide bonds. The van der Waals surface area contributed by atoms with Crippen LogP contribution in [-0.4, -0.2) is 50.1 Å². The van der Waals surface area contributed by atoms with E-state index in [2.05, 4.69) is 34.7 Å². The number of benzene rings is 1. The van der Waals surface area contributed by atoms with Crippen LogP contribution < -0.4 is 15.4 Å². The molecule has 0 heterocycles. The molecule has 1 rings (SSSR count). The fraction of sp³-hybridized carbons (Fsp3) is 0.667. The second-order valence-electron chi connectivity index (χ2n) is 6.79. The van der Waals surface area contributed by atoms with E-state index in [1.807, 2.05) is 26.8 Å². The minimum atomic E-state index is -0.713. The number of halogens is 1. The molecule has 28 heavy (non-hydrogen) atoms. The Morgan fingerprint density at radius 1 is 1.14 bits per heavy atom. The minimum Gasteiger partial charge on any atom is -0.493 e. The third-order valence-electron chi connectivity index (χ3n) is 4.63.